The summed E-state index contributed by atoms with van der Waals surface area (Å²) in [6.45, 7) is 4.27. The van der Waals surface area contributed by atoms with Crippen molar-refractivity contribution in [1.82, 2.24) is 0 Å². The Bertz CT molecular complexity index is 668. The Morgan fingerprint density at radius 2 is 1.91 bits per heavy atom. The van der Waals surface area contributed by atoms with Crippen molar-refractivity contribution in [3.05, 3.63) is 29.8 Å². The van der Waals surface area contributed by atoms with Gasteiger partial charge in [-0.05, 0) is 36.5 Å². The molecule has 1 aromatic rings. The number of benzene rings is 1. The monoisotopic (exact) mass is 324 g/mol. The highest BCUT2D eigenvalue weighted by Gasteiger charge is 2.68. The van der Waals surface area contributed by atoms with Crippen LogP contribution in [0.25, 0.3) is 0 Å². The van der Waals surface area contributed by atoms with Crippen molar-refractivity contribution in [3.8, 4) is 5.75 Å². The number of epoxide rings is 1. The fourth-order valence-electron chi connectivity index (χ4n) is 3.47. The molecule has 22 heavy (non-hydrogen) atoms. The summed E-state index contributed by atoms with van der Waals surface area (Å²) in [5.74, 6) is 0.816. The lowest BCUT2D eigenvalue weighted by Gasteiger charge is -2.18. The molecule has 3 fully saturated rings. The molecular formula is C16H20O5S. The molecule has 0 radical (unpaired) electrons. The van der Waals surface area contributed by atoms with Gasteiger partial charge in [0.25, 0.3) is 0 Å². The van der Waals surface area contributed by atoms with E-state index in [-0.39, 0.29) is 24.4 Å². The van der Waals surface area contributed by atoms with Gasteiger partial charge in [0.15, 0.2) is 0 Å². The van der Waals surface area contributed by atoms with E-state index in [1.54, 1.807) is 12.1 Å². The van der Waals surface area contributed by atoms with Crippen molar-refractivity contribution in [3.63, 3.8) is 0 Å². The minimum Gasteiger partial charge on any atom is -0.382 e. The molecule has 3 saturated heterocycles. The lowest BCUT2D eigenvalue weighted by Crippen LogP contribution is -2.38. The van der Waals surface area contributed by atoms with E-state index in [9.17, 15) is 8.42 Å². The van der Waals surface area contributed by atoms with Gasteiger partial charge in [-0.3, -0.25) is 0 Å². The topological polar surface area (TPSA) is 65.1 Å². The molecule has 0 aromatic heterocycles. The largest absolute Gasteiger partial charge is 0.382 e. The summed E-state index contributed by atoms with van der Waals surface area (Å²) in [6.07, 6.45) is 1.15. The number of ether oxygens (including phenoxy) is 2. The van der Waals surface area contributed by atoms with Gasteiger partial charge in [0.05, 0.1) is 6.10 Å². The number of fused-ring (bicyclic) bond motifs is 5. The Kier molecular flexibility index (Phi) is 3.25. The van der Waals surface area contributed by atoms with Crippen LogP contribution in [0.5, 0.6) is 5.75 Å². The summed E-state index contributed by atoms with van der Waals surface area (Å²) in [4.78, 5) is 0. The standard InChI is InChI=1S/C16H20O5S/c1-3-9(2)10-4-6-11(7-5-10)21-22(17,18)13-8-12-14-16(20-14)15(13)19-12/h4-7,9,12-16H,3,8H2,1-2H3. The smallest absolute Gasteiger partial charge is 0.314 e. The molecule has 5 nitrogen and oxygen atoms in total. The normalized spacial score (nSPS) is 36.9. The zero-order valence-electron chi connectivity index (χ0n) is 12.6. The van der Waals surface area contributed by atoms with Crippen LogP contribution in [-0.2, 0) is 19.6 Å². The average Bonchev–Trinajstić information content (AvgIpc) is 3.10. The highest BCUT2D eigenvalue weighted by atomic mass is 32.2. The number of rotatable bonds is 5. The SMILES string of the molecule is CCC(C)c1ccc(OS(=O)(=O)C2CC3OC2C2OC32)cc1. The van der Waals surface area contributed by atoms with E-state index in [1.807, 2.05) is 12.1 Å². The van der Waals surface area contributed by atoms with Crippen LogP contribution in [0.15, 0.2) is 24.3 Å². The maximum Gasteiger partial charge on any atom is 0.314 e. The number of hydrogen-bond donors (Lipinski definition) is 0. The fourth-order valence-corrected chi connectivity index (χ4v) is 4.95. The third kappa shape index (κ3) is 2.25. The molecule has 0 N–H and O–H groups in total. The zero-order chi connectivity index (χ0) is 15.5. The molecular weight excluding hydrogens is 304 g/mol. The van der Waals surface area contributed by atoms with Crippen molar-refractivity contribution >= 4 is 10.1 Å². The van der Waals surface area contributed by atoms with Crippen LogP contribution in [-0.4, -0.2) is 38.1 Å². The Hall–Kier alpha value is -1.11. The van der Waals surface area contributed by atoms with Crippen LogP contribution < -0.4 is 4.18 Å². The predicted octanol–water partition coefficient (Wildman–Crippen LogP) is 2.22. The Balaban J connectivity index is 1.48. The quantitative estimate of drug-likeness (QED) is 0.614. The van der Waals surface area contributed by atoms with Crippen molar-refractivity contribution in [2.75, 3.05) is 0 Å². The Labute approximate surface area is 130 Å². The maximum absolute atomic E-state index is 12.5. The molecule has 1 aromatic carbocycles. The maximum atomic E-state index is 12.5. The van der Waals surface area contributed by atoms with Crippen molar-refractivity contribution in [2.45, 2.75) is 62.3 Å². The van der Waals surface area contributed by atoms with Crippen LogP contribution in [0.3, 0.4) is 0 Å². The van der Waals surface area contributed by atoms with Gasteiger partial charge in [-0.15, -0.1) is 0 Å². The molecule has 0 amide bonds. The molecule has 2 bridgehead atoms. The lowest BCUT2D eigenvalue weighted by molar-refractivity contribution is 0.0211. The molecule has 6 heteroatoms. The van der Waals surface area contributed by atoms with Gasteiger partial charge in [0, 0.05) is 0 Å². The van der Waals surface area contributed by atoms with Gasteiger partial charge in [-0.2, -0.15) is 8.42 Å². The first kappa shape index (κ1) is 14.5. The van der Waals surface area contributed by atoms with Crippen LogP contribution in [0.1, 0.15) is 38.2 Å². The molecule has 0 spiro atoms. The molecule has 120 valence electrons. The summed E-state index contributed by atoms with van der Waals surface area (Å²) in [7, 11) is -3.69. The van der Waals surface area contributed by atoms with Gasteiger partial charge in [-0.25, -0.2) is 0 Å². The van der Waals surface area contributed by atoms with Crippen LogP contribution >= 0.6 is 0 Å². The first-order valence-corrected chi connectivity index (χ1v) is 9.31. The predicted molar refractivity (Wildman–Crippen MR) is 80.4 cm³/mol. The second-order valence-electron chi connectivity index (χ2n) is 6.43. The average molecular weight is 324 g/mol. The highest BCUT2D eigenvalue weighted by molar-refractivity contribution is 7.87. The summed E-state index contributed by atoms with van der Waals surface area (Å²) >= 11 is 0. The molecule has 6 unspecified atom stereocenters. The zero-order valence-corrected chi connectivity index (χ0v) is 13.5. The van der Waals surface area contributed by atoms with E-state index in [0.717, 1.165) is 6.42 Å². The van der Waals surface area contributed by atoms with Gasteiger partial charge < -0.3 is 13.7 Å². The van der Waals surface area contributed by atoms with Crippen molar-refractivity contribution in [1.29, 1.82) is 0 Å². The van der Waals surface area contributed by atoms with E-state index in [2.05, 4.69) is 13.8 Å². The third-order valence-corrected chi connectivity index (χ3v) is 6.69. The van der Waals surface area contributed by atoms with E-state index in [0.29, 0.717) is 18.1 Å². The van der Waals surface area contributed by atoms with E-state index in [1.165, 1.54) is 5.56 Å². The Morgan fingerprint density at radius 1 is 1.18 bits per heavy atom. The van der Waals surface area contributed by atoms with Gasteiger partial charge in [0.2, 0.25) is 0 Å². The highest BCUT2D eigenvalue weighted by Crippen LogP contribution is 2.50. The second kappa shape index (κ2) is 4.94. The van der Waals surface area contributed by atoms with E-state index in [4.69, 9.17) is 13.7 Å². The summed E-state index contributed by atoms with van der Waals surface area (Å²) < 4.78 is 41.3. The number of hydrogen-bond acceptors (Lipinski definition) is 5. The minimum atomic E-state index is -3.69. The molecule has 3 aliphatic heterocycles. The molecule has 0 aliphatic carbocycles. The summed E-state index contributed by atoms with van der Waals surface area (Å²) in [5.41, 5.74) is 1.18. The van der Waals surface area contributed by atoms with Crippen molar-refractivity contribution in [2.24, 2.45) is 0 Å². The summed E-state index contributed by atoms with van der Waals surface area (Å²) in [6, 6.07) is 7.31. The second-order valence-corrected chi connectivity index (χ2v) is 8.19. The molecule has 4 rings (SSSR count). The summed E-state index contributed by atoms with van der Waals surface area (Å²) in [5, 5.41) is -0.615. The van der Waals surface area contributed by atoms with Crippen LogP contribution in [0.4, 0.5) is 0 Å². The molecule has 0 saturated carbocycles. The lowest BCUT2D eigenvalue weighted by atomic mass is 9.99. The minimum absolute atomic E-state index is 0.0464. The van der Waals surface area contributed by atoms with Crippen LogP contribution in [0, 0.1) is 0 Å². The van der Waals surface area contributed by atoms with E-state index < -0.39 is 15.4 Å². The van der Waals surface area contributed by atoms with Crippen molar-refractivity contribution < 1.29 is 22.1 Å². The molecule has 3 aliphatic rings. The van der Waals surface area contributed by atoms with Gasteiger partial charge >= 0.3 is 10.1 Å². The van der Waals surface area contributed by atoms with Gasteiger partial charge in [-0.1, -0.05) is 26.0 Å². The molecule has 6 atom stereocenters. The molecule has 3 heterocycles. The first-order valence-electron chi connectivity index (χ1n) is 7.84. The fraction of sp³-hybridized carbons (Fsp3) is 0.625. The van der Waals surface area contributed by atoms with Gasteiger partial charge in [0.1, 0.15) is 29.3 Å². The van der Waals surface area contributed by atoms with Crippen LogP contribution in [0.2, 0.25) is 0 Å². The third-order valence-electron chi connectivity index (χ3n) is 5.06. The van der Waals surface area contributed by atoms with E-state index >= 15 is 0 Å². The first-order chi connectivity index (χ1) is 10.5. The Morgan fingerprint density at radius 3 is 2.50 bits per heavy atom.